The first kappa shape index (κ1) is 13.1. The van der Waals surface area contributed by atoms with Crippen LogP contribution in [0.5, 0.6) is 5.75 Å². The molecule has 1 aromatic rings. The number of hydrogen-bond acceptors (Lipinski definition) is 3. The van der Waals surface area contributed by atoms with Crippen molar-refractivity contribution in [1.29, 1.82) is 0 Å². The van der Waals surface area contributed by atoms with E-state index >= 15 is 0 Å². The van der Waals surface area contributed by atoms with Crippen LogP contribution in [0.4, 0.5) is 5.69 Å². The van der Waals surface area contributed by atoms with Gasteiger partial charge in [0.2, 0.25) is 0 Å². The van der Waals surface area contributed by atoms with Crippen LogP contribution in [0.3, 0.4) is 0 Å². The Bertz CT molecular complexity index is 327. The molecule has 3 nitrogen and oxygen atoms in total. The fourth-order valence-corrected chi connectivity index (χ4v) is 1.60. The normalized spacial score (nSPS) is 10.8. The molecule has 90 valence electrons. The standard InChI is InChI=1S/C12H19ClN2O/c1-3-15(4-2)7-8-16-10-5-6-12(14)11(13)9-10/h5-6,9H,3-4,7-8,14H2,1-2H3. The lowest BCUT2D eigenvalue weighted by Crippen LogP contribution is -2.27. The Morgan fingerprint density at radius 3 is 2.56 bits per heavy atom. The van der Waals surface area contributed by atoms with Crippen molar-refractivity contribution in [2.75, 3.05) is 32.0 Å². The zero-order valence-corrected chi connectivity index (χ0v) is 10.6. The van der Waals surface area contributed by atoms with Gasteiger partial charge in [0.15, 0.2) is 0 Å². The monoisotopic (exact) mass is 242 g/mol. The molecule has 0 spiro atoms. The molecule has 0 aliphatic rings. The Kier molecular flexibility index (Phi) is 5.43. The molecule has 0 fully saturated rings. The Morgan fingerprint density at radius 2 is 2.00 bits per heavy atom. The fourth-order valence-electron chi connectivity index (χ4n) is 1.43. The molecule has 1 aromatic carbocycles. The average molecular weight is 243 g/mol. The number of rotatable bonds is 6. The van der Waals surface area contributed by atoms with E-state index in [1.807, 2.05) is 6.07 Å². The molecule has 1 rings (SSSR count). The van der Waals surface area contributed by atoms with E-state index in [4.69, 9.17) is 22.1 Å². The van der Waals surface area contributed by atoms with Gasteiger partial charge in [0, 0.05) is 12.6 Å². The lowest BCUT2D eigenvalue weighted by Gasteiger charge is -2.18. The first-order chi connectivity index (χ1) is 7.67. The summed E-state index contributed by atoms with van der Waals surface area (Å²) in [7, 11) is 0. The number of ether oxygens (including phenoxy) is 1. The Hall–Kier alpha value is -0.930. The summed E-state index contributed by atoms with van der Waals surface area (Å²) in [6.07, 6.45) is 0. The molecule has 0 aliphatic carbocycles. The van der Waals surface area contributed by atoms with E-state index in [1.54, 1.807) is 12.1 Å². The molecule has 2 N–H and O–H groups in total. The number of halogens is 1. The van der Waals surface area contributed by atoms with Crippen LogP contribution in [-0.2, 0) is 0 Å². The molecule has 0 heterocycles. The van der Waals surface area contributed by atoms with Gasteiger partial charge in [-0.3, -0.25) is 0 Å². The van der Waals surface area contributed by atoms with Crippen LogP contribution in [-0.4, -0.2) is 31.1 Å². The van der Waals surface area contributed by atoms with Gasteiger partial charge >= 0.3 is 0 Å². The smallest absolute Gasteiger partial charge is 0.121 e. The van der Waals surface area contributed by atoms with Crippen molar-refractivity contribution in [3.05, 3.63) is 23.2 Å². The van der Waals surface area contributed by atoms with E-state index < -0.39 is 0 Å². The molecule has 0 bridgehead atoms. The second-order valence-corrected chi connectivity index (χ2v) is 3.97. The summed E-state index contributed by atoms with van der Waals surface area (Å²) in [6.45, 7) is 7.97. The van der Waals surface area contributed by atoms with Crippen LogP contribution in [0.15, 0.2) is 18.2 Å². The van der Waals surface area contributed by atoms with E-state index in [0.29, 0.717) is 17.3 Å². The number of nitrogens with zero attached hydrogens (tertiary/aromatic N) is 1. The minimum Gasteiger partial charge on any atom is -0.492 e. The molecule has 0 unspecified atom stereocenters. The van der Waals surface area contributed by atoms with E-state index in [9.17, 15) is 0 Å². The SMILES string of the molecule is CCN(CC)CCOc1ccc(N)c(Cl)c1. The topological polar surface area (TPSA) is 38.5 Å². The minimum atomic E-state index is 0.542. The van der Waals surface area contributed by atoms with Crippen molar-refractivity contribution in [1.82, 2.24) is 4.90 Å². The van der Waals surface area contributed by atoms with Gasteiger partial charge in [0.05, 0.1) is 10.7 Å². The molecule has 0 saturated heterocycles. The third-order valence-corrected chi connectivity index (χ3v) is 2.87. The second-order valence-electron chi connectivity index (χ2n) is 3.56. The third-order valence-electron chi connectivity index (χ3n) is 2.54. The van der Waals surface area contributed by atoms with Crippen molar-refractivity contribution in [3.63, 3.8) is 0 Å². The Labute approximate surface area is 102 Å². The Balaban J connectivity index is 2.40. The number of nitrogens with two attached hydrogens (primary N) is 1. The number of anilines is 1. The Morgan fingerprint density at radius 1 is 1.31 bits per heavy atom. The molecular weight excluding hydrogens is 224 g/mol. The molecule has 16 heavy (non-hydrogen) atoms. The highest BCUT2D eigenvalue weighted by Crippen LogP contribution is 2.23. The summed E-state index contributed by atoms with van der Waals surface area (Å²) in [4.78, 5) is 2.30. The highest BCUT2D eigenvalue weighted by molar-refractivity contribution is 6.33. The van der Waals surface area contributed by atoms with Gasteiger partial charge < -0.3 is 15.4 Å². The summed E-state index contributed by atoms with van der Waals surface area (Å²) in [5.41, 5.74) is 6.19. The second kappa shape index (κ2) is 6.61. The number of likely N-dealkylation sites (N-methyl/N-ethyl adjacent to an activating group) is 1. The highest BCUT2D eigenvalue weighted by atomic mass is 35.5. The molecule has 0 radical (unpaired) electrons. The minimum absolute atomic E-state index is 0.542. The van der Waals surface area contributed by atoms with Crippen LogP contribution in [0, 0.1) is 0 Å². The summed E-state index contributed by atoms with van der Waals surface area (Å²) in [6, 6.07) is 5.34. The molecule has 4 heteroatoms. The van der Waals surface area contributed by atoms with E-state index in [2.05, 4.69) is 18.7 Å². The van der Waals surface area contributed by atoms with E-state index in [0.717, 1.165) is 25.4 Å². The summed E-state index contributed by atoms with van der Waals surface area (Å²) in [5, 5.41) is 0.542. The molecule has 0 atom stereocenters. The molecule has 0 saturated carbocycles. The van der Waals surface area contributed by atoms with E-state index in [-0.39, 0.29) is 0 Å². The molecule has 0 aliphatic heterocycles. The zero-order valence-electron chi connectivity index (χ0n) is 9.87. The van der Waals surface area contributed by atoms with Crippen molar-refractivity contribution >= 4 is 17.3 Å². The van der Waals surface area contributed by atoms with Crippen molar-refractivity contribution in [2.24, 2.45) is 0 Å². The van der Waals surface area contributed by atoms with Crippen LogP contribution in [0.1, 0.15) is 13.8 Å². The zero-order chi connectivity index (χ0) is 12.0. The number of nitrogen functional groups attached to an aromatic ring is 1. The maximum atomic E-state index is 5.89. The maximum absolute atomic E-state index is 5.89. The fraction of sp³-hybridized carbons (Fsp3) is 0.500. The third kappa shape index (κ3) is 3.91. The van der Waals surface area contributed by atoms with Crippen LogP contribution < -0.4 is 10.5 Å². The van der Waals surface area contributed by atoms with Gasteiger partial charge in [-0.15, -0.1) is 0 Å². The lowest BCUT2D eigenvalue weighted by atomic mass is 10.3. The summed E-state index contributed by atoms with van der Waals surface area (Å²) in [5.74, 6) is 0.770. The van der Waals surface area contributed by atoms with Gasteiger partial charge in [0.1, 0.15) is 12.4 Å². The number of hydrogen-bond donors (Lipinski definition) is 1. The van der Waals surface area contributed by atoms with Crippen molar-refractivity contribution in [2.45, 2.75) is 13.8 Å². The molecule has 0 aromatic heterocycles. The van der Waals surface area contributed by atoms with Crippen LogP contribution in [0.2, 0.25) is 5.02 Å². The molecular formula is C12H19ClN2O. The van der Waals surface area contributed by atoms with E-state index in [1.165, 1.54) is 0 Å². The number of benzene rings is 1. The summed E-state index contributed by atoms with van der Waals surface area (Å²) >= 11 is 5.89. The predicted octanol–water partition coefficient (Wildman–Crippen LogP) is 2.64. The van der Waals surface area contributed by atoms with Crippen molar-refractivity contribution in [3.8, 4) is 5.75 Å². The average Bonchev–Trinajstić information content (AvgIpc) is 2.29. The lowest BCUT2D eigenvalue weighted by molar-refractivity contribution is 0.223. The molecule has 0 amide bonds. The predicted molar refractivity (Wildman–Crippen MR) is 69.1 cm³/mol. The van der Waals surface area contributed by atoms with Gasteiger partial charge in [-0.2, -0.15) is 0 Å². The van der Waals surface area contributed by atoms with Crippen LogP contribution in [0.25, 0.3) is 0 Å². The first-order valence-electron chi connectivity index (χ1n) is 5.57. The van der Waals surface area contributed by atoms with Crippen molar-refractivity contribution < 1.29 is 4.74 Å². The summed E-state index contributed by atoms with van der Waals surface area (Å²) < 4.78 is 5.59. The van der Waals surface area contributed by atoms with Gasteiger partial charge in [-0.25, -0.2) is 0 Å². The first-order valence-corrected chi connectivity index (χ1v) is 5.95. The van der Waals surface area contributed by atoms with Gasteiger partial charge in [-0.05, 0) is 25.2 Å². The quantitative estimate of drug-likeness (QED) is 0.780. The van der Waals surface area contributed by atoms with Gasteiger partial charge in [-0.1, -0.05) is 25.4 Å². The van der Waals surface area contributed by atoms with Crippen LogP contribution >= 0.6 is 11.6 Å². The van der Waals surface area contributed by atoms with Gasteiger partial charge in [0.25, 0.3) is 0 Å². The highest BCUT2D eigenvalue weighted by Gasteiger charge is 2.01. The largest absolute Gasteiger partial charge is 0.492 e. The maximum Gasteiger partial charge on any atom is 0.121 e.